The number of anilines is 1. The lowest BCUT2D eigenvalue weighted by atomic mass is 10.2. The van der Waals surface area contributed by atoms with Gasteiger partial charge in [0.25, 0.3) is 11.4 Å². The van der Waals surface area contributed by atoms with Crippen molar-refractivity contribution in [1.82, 2.24) is 4.98 Å². The molecule has 2 aromatic rings. The molecule has 0 aliphatic carbocycles. The zero-order chi connectivity index (χ0) is 15.4. The Kier molecular flexibility index (Phi) is 4.43. The minimum absolute atomic E-state index is 0.00281. The Morgan fingerprint density at radius 3 is 2.52 bits per heavy atom. The summed E-state index contributed by atoms with van der Waals surface area (Å²) >= 11 is 3.17. The van der Waals surface area contributed by atoms with Crippen LogP contribution in [0.3, 0.4) is 0 Å². The molecule has 0 aliphatic heterocycles. The second-order valence-electron chi connectivity index (χ2n) is 4.02. The fourth-order valence-corrected chi connectivity index (χ4v) is 2.15. The predicted octanol–water partition coefficient (Wildman–Crippen LogP) is 3.27. The number of nitrogens with zero attached hydrogens (tertiary/aromatic N) is 3. The monoisotopic (exact) mass is 352 g/mol. The van der Waals surface area contributed by atoms with E-state index in [1.165, 1.54) is 12.1 Å². The van der Waals surface area contributed by atoms with Gasteiger partial charge in [-0.1, -0.05) is 18.2 Å². The van der Waals surface area contributed by atoms with Gasteiger partial charge in [-0.05, 0) is 15.9 Å². The lowest BCUT2D eigenvalue weighted by Crippen LogP contribution is -2.05. The van der Waals surface area contributed by atoms with Gasteiger partial charge < -0.3 is 5.32 Å². The van der Waals surface area contributed by atoms with Crippen LogP contribution in [0.5, 0.6) is 0 Å². The Morgan fingerprint density at radius 1 is 1.19 bits per heavy atom. The summed E-state index contributed by atoms with van der Waals surface area (Å²) in [7, 11) is 0. The number of nitro groups is 2. The van der Waals surface area contributed by atoms with Gasteiger partial charge in [-0.3, -0.25) is 20.2 Å². The van der Waals surface area contributed by atoms with Crippen LogP contribution >= 0.6 is 15.9 Å². The van der Waals surface area contributed by atoms with Gasteiger partial charge in [-0.25, -0.2) is 4.98 Å². The minimum atomic E-state index is -0.552. The van der Waals surface area contributed by atoms with E-state index in [2.05, 4.69) is 26.2 Å². The quantitative estimate of drug-likeness (QED) is 0.652. The van der Waals surface area contributed by atoms with Crippen LogP contribution in [0.2, 0.25) is 0 Å². The van der Waals surface area contributed by atoms with Crippen LogP contribution in [0.25, 0.3) is 0 Å². The van der Waals surface area contributed by atoms with Crippen molar-refractivity contribution in [3.8, 4) is 0 Å². The lowest BCUT2D eigenvalue weighted by molar-refractivity contribution is -0.385. The number of aromatic nitrogens is 1. The van der Waals surface area contributed by atoms with E-state index < -0.39 is 9.85 Å². The number of halogens is 1. The average molecular weight is 353 g/mol. The van der Waals surface area contributed by atoms with Crippen molar-refractivity contribution < 1.29 is 9.85 Å². The maximum atomic E-state index is 10.9. The Bertz CT molecular complexity index is 707. The SMILES string of the molecule is O=[N+]([O-])c1cnc(NCc2ccccc2[N+](=O)[O-])c(Br)c1. The van der Waals surface area contributed by atoms with Crippen LogP contribution in [0.15, 0.2) is 41.0 Å². The molecule has 1 aromatic heterocycles. The van der Waals surface area contributed by atoms with E-state index in [-0.39, 0.29) is 17.9 Å². The van der Waals surface area contributed by atoms with Gasteiger partial charge >= 0.3 is 0 Å². The molecule has 0 fully saturated rings. The van der Waals surface area contributed by atoms with E-state index in [1.807, 2.05) is 0 Å². The third-order valence-corrected chi connectivity index (χ3v) is 3.28. The van der Waals surface area contributed by atoms with Crippen molar-refractivity contribution in [3.05, 3.63) is 66.8 Å². The normalized spacial score (nSPS) is 10.1. The second kappa shape index (κ2) is 6.27. The summed E-state index contributed by atoms with van der Waals surface area (Å²) in [6.45, 7) is 0.181. The molecule has 1 aromatic carbocycles. The van der Waals surface area contributed by atoms with Gasteiger partial charge in [0.05, 0.1) is 14.3 Å². The molecule has 0 saturated carbocycles. The van der Waals surface area contributed by atoms with Crippen LogP contribution in [0.1, 0.15) is 5.56 Å². The number of hydrogen-bond acceptors (Lipinski definition) is 6. The Labute approximate surface area is 127 Å². The summed E-state index contributed by atoms with van der Waals surface area (Å²) in [6.07, 6.45) is 1.12. The number of nitro benzene ring substituents is 1. The summed E-state index contributed by atoms with van der Waals surface area (Å²) < 4.78 is 0.412. The first-order valence-corrected chi connectivity index (χ1v) is 6.54. The van der Waals surface area contributed by atoms with Crippen molar-refractivity contribution in [2.24, 2.45) is 0 Å². The molecular weight excluding hydrogens is 344 g/mol. The van der Waals surface area contributed by atoms with E-state index in [9.17, 15) is 20.2 Å². The highest BCUT2D eigenvalue weighted by Crippen LogP contribution is 2.26. The summed E-state index contributed by atoms with van der Waals surface area (Å²) in [6, 6.07) is 7.64. The molecule has 0 spiro atoms. The molecule has 8 nitrogen and oxygen atoms in total. The highest BCUT2D eigenvalue weighted by molar-refractivity contribution is 9.10. The smallest absolute Gasteiger partial charge is 0.288 e. The maximum absolute atomic E-state index is 10.9. The summed E-state index contributed by atoms with van der Waals surface area (Å²) in [4.78, 5) is 24.4. The van der Waals surface area contributed by atoms with Gasteiger partial charge in [0.15, 0.2) is 0 Å². The number of pyridine rings is 1. The van der Waals surface area contributed by atoms with Gasteiger partial charge in [0, 0.05) is 24.2 Å². The highest BCUT2D eigenvalue weighted by atomic mass is 79.9. The molecule has 0 aliphatic rings. The Hall–Kier alpha value is -2.55. The molecule has 0 saturated heterocycles. The van der Waals surface area contributed by atoms with Crippen LogP contribution in [0.4, 0.5) is 17.2 Å². The summed E-state index contributed by atoms with van der Waals surface area (Å²) in [5.74, 6) is 0.374. The van der Waals surface area contributed by atoms with Crippen molar-refractivity contribution in [1.29, 1.82) is 0 Å². The van der Waals surface area contributed by atoms with E-state index in [0.29, 0.717) is 15.9 Å². The molecule has 0 bridgehead atoms. The molecule has 108 valence electrons. The molecule has 1 N–H and O–H groups in total. The number of nitrogens with one attached hydrogen (secondary N) is 1. The average Bonchev–Trinajstić information content (AvgIpc) is 2.46. The third kappa shape index (κ3) is 3.51. The van der Waals surface area contributed by atoms with E-state index in [4.69, 9.17) is 0 Å². The van der Waals surface area contributed by atoms with Gasteiger partial charge in [-0.2, -0.15) is 0 Å². The van der Waals surface area contributed by atoms with Crippen molar-refractivity contribution in [3.63, 3.8) is 0 Å². The van der Waals surface area contributed by atoms with Crippen LogP contribution in [0, 0.1) is 20.2 Å². The number of hydrogen-bond donors (Lipinski definition) is 1. The third-order valence-electron chi connectivity index (χ3n) is 2.67. The molecule has 2 rings (SSSR count). The lowest BCUT2D eigenvalue weighted by Gasteiger charge is -2.07. The van der Waals surface area contributed by atoms with Crippen LogP contribution in [-0.2, 0) is 6.54 Å². The fraction of sp³-hybridized carbons (Fsp3) is 0.0833. The number of rotatable bonds is 5. The zero-order valence-electron chi connectivity index (χ0n) is 10.5. The topological polar surface area (TPSA) is 111 Å². The van der Waals surface area contributed by atoms with E-state index >= 15 is 0 Å². The largest absolute Gasteiger partial charge is 0.365 e. The van der Waals surface area contributed by atoms with Gasteiger partial charge in [0.1, 0.15) is 12.0 Å². The first-order valence-electron chi connectivity index (χ1n) is 5.75. The number of benzene rings is 1. The molecule has 1 heterocycles. The highest BCUT2D eigenvalue weighted by Gasteiger charge is 2.14. The standard InChI is InChI=1S/C12H9BrN4O4/c13-10-5-9(16(18)19)7-15-12(10)14-6-8-3-1-2-4-11(8)17(20)21/h1-5,7H,6H2,(H,14,15). The van der Waals surface area contributed by atoms with E-state index in [1.54, 1.807) is 18.2 Å². The van der Waals surface area contributed by atoms with Crippen LogP contribution < -0.4 is 5.32 Å². The first kappa shape index (κ1) is 14.9. The molecule has 9 heteroatoms. The Morgan fingerprint density at radius 2 is 1.90 bits per heavy atom. The molecule has 0 radical (unpaired) electrons. The zero-order valence-corrected chi connectivity index (χ0v) is 12.1. The summed E-state index contributed by atoms with van der Waals surface area (Å²) in [5, 5.41) is 24.4. The van der Waals surface area contributed by atoms with E-state index in [0.717, 1.165) is 6.20 Å². The summed E-state index contributed by atoms with van der Waals surface area (Å²) in [5.41, 5.74) is 0.357. The van der Waals surface area contributed by atoms with Crippen molar-refractivity contribution in [2.75, 3.05) is 5.32 Å². The van der Waals surface area contributed by atoms with Gasteiger partial charge in [-0.15, -0.1) is 0 Å². The van der Waals surface area contributed by atoms with Crippen molar-refractivity contribution >= 4 is 33.1 Å². The second-order valence-corrected chi connectivity index (χ2v) is 4.87. The number of para-hydroxylation sites is 1. The molecule has 0 atom stereocenters. The first-order chi connectivity index (χ1) is 9.99. The molecule has 21 heavy (non-hydrogen) atoms. The van der Waals surface area contributed by atoms with Crippen molar-refractivity contribution in [2.45, 2.75) is 6.54 Å². The predicted molar refractivity (Wildman–Crippen MR) is 79.0 cm³/mol. The fourth-order valence-electron chi connectivity index (χ4n) is 1.68. The van der Waals surface area contributed by atoms with Crippen LogP contribution in [-0.4, -0.2) is 14.8 Å². The molecule has 0 unspecified atom stereocenters. The van der Waals surface area contributed by atoms with Gasteiger partial charge in [0.2, 0.25) is 0 Å². The molecular formula is C12H9BrN4O4. The minimum Gasteiger partial charge on any atom is -0.365 e. The Balaban J connectivity index is 2.17. The maximum Gasteiger partial charge on any atom is 0.288 e. The molecule has 0 amide bonds.